The fourth-order valence-electron chi connectivity index (χ4n) is 5.34. The van der Waals surface area contributed by atoms with E-state index in [-0.39, 0.29) is 30.8 Å². The zero-order valence-corrected chi connectivity index (χ0v) is 22.8. The van der Waals surface area contributed by atoms with Crippen molar-refractivity contribution in [1.29, 1.82) is 0 Å². The molecule has 4 rings (SSSR count). The molecule has 41 heavy (non-hydrogen) atoms. The fourth-order valence-corrected chi connectivity index (χ4v) is 5.34. The van der Waals surface area contributed by atoms with Gasteiger partial charge in [0.15, 0.2) is 11.5 Å². The number of halogens is 6. The number of methoxy groups -OCH3 is 1. The molecule has 10 heteroatoms. The van der Waals surface area contributed by atoms with Crippen molar-refractivity contribution < 1.29 is 40.6 Å². The molecular weight excluding hydrogens is 548 g/mol. The molecule has 3 aromatic rings. The first-order chi connectivity index (χ1) is 19.2. The van der Waals surface area contributed by atoms with E-state index < -0.39 is 28.9 Å². The highest BCUT2D eigenvalue weighted by Gasteiger charge is 2.44. The highest BCUT2D eigenvalue weighted by Crippen LogP contribution is 2.43. The molecule has 0 radical (unpaired) electrons. The van der Waals surface area contributed by atoms with Crippen LogP contribution in [0.1, 0.15) is 54.0 Å². The van der Waals surface area contributed by atoms with Gasteiger partial charge in [0.25, 0.3) is 0 Å². The first kappa shape index (κ1) is 30.3. The molecule has 220 valence electrons. The Labute approximate surface area is 234 Å². The van der Waals surface area contributed by atoms with Crippen molar-refractivity contribution in [2.45, 2.75) is 57.5 Å². The second-order valence-electron chi connectivity index (χ2n) is 10.7. The summed E-state index contributed by atoms with van der Waals surface area (Å²) in [4.78, 5) is 13.6. The zero-order chi connectivity index (χ0) is 30.0. The third kappa shape index (κ3) is 7.15. The third-order valence-corrected chi connectivity index (χ3v) is 7.30. The molecule has 3 aromatic carbocycles. The molecule has 1 atom stereocenters. The topological polar surface area (TPSA) is 47.6 Å². The van der Waals surface area contributed by atoms with Gasteiger partial charge in [0.1, 0.15) is 0 Å². The molecule has 1 aliphatic heterocycles. The van der Waals surface area contributed by atoms with Crippen molar-refractivity contribution >= 4 is 5.91 Å². The SMILES string of the molecule is COc1ccc([C@H]2CNC(=O)C(Cc3ccc(C(F)(F)F)cc3)(Cc3ccc(C(F)(F)F)cc3)C2)cc1OC(C)C. The van der Waals surface area contributed by atoms with Crippen LogP contribution in [0.25, 0.3) is 0 Å². The average molecular weight is 580 g/mol. The Hall–Kier alpha value is -3.69. The number of carbonyl (C=O) groups is 1. The minimum absolute atomic E-state index is 0.0972. The monoisotopic (exact) mass is 579 g/mol. The van der Waals surface area contributed by atoms with E-state index in [1.54, 1.807) is 6.07 Å². The largest absolute Gasteiger partial charge is 0.493 e. The van der Waals surface area contributed by atoms with Crippen LogP contribution in [0.2, 0.25) is 0 Å². The second-order valence-corrected chi connectivity index (χ2v) is 10.7. The van der Waals surface area contributed by atoms with Gasteiger partial charge in [0, 0.05) is 12.5 Å². The van der Waals surface area contributed by atoms with Crippen molar-refractivity contribution in [1.82, 2.24) is 5.32 Å². The van der Waals surface area contributed by atoms with Gasteiger partial charge in [-0.3, -0.25) is 4.79 Å². The van der Waals surface area contributed by atoms with E-state index in [2.05, 4.69) is 5.32 Å². The van der Waals surface area contributed by atoms with Crippen LogP contribution < -0.4 is 14.8 Å². The van der Waals surface area contributed by atoms with Gasteiger partial charge in [-0.25, -0.2) is 0 Å². The maximum atomic E-state index is 13.6. The molecule has 1 amide bonds. The number of benzene rings is 3. The summed E-state index contributed by atoms with van der Waals surface area (Å²) in [7, 11) is 1.53. The molecule has 1 saturated heterocycles. The number of nitrogens with one attached hydrogen (secondary N) is 1. The van der Waals surface area contributed by atoms with Crippen LogP contribution in [0.3, 0.4) is 0 Å². The second kappa shape index (κ2) is 11.7. The van der Waals surface area contributed by atoms with E-state index >= 15 is 0 Å². The van der Waals surface area contributed by atoms with Gasteiger partial charge in [-0.1, -0.05) is 30.3 Å². The number of piperidine rings is 1. The first-order valence-corrected chi connectivity index (χ1v) is 13.2. The number of carbonyl (C=O) groups excluding carboxylic acids is 1. The maximum absolute atomic E-state index is 13.6. The summed E-state index contributed by atoms with van der Waals surface area (Å²) in [5.41, 5.74) is -0.856. The summed E-state index contributed by atoms with van der Waals surface area (Å²) in [6.45, 7) is 4.08. The molecule has 0 aliphatic carbocycles. The smallest absolute Gasteiger partial charge is 0.416 e. The summed E-state index contributed by atoms with van der Waals surface area (Å²) in [5, 5.41) is 2.95. The molecule has 1 N–H and O–H groups in total. The molecule has 0 unspecified atom stereocenters. The van der Waals surface area contributed by atoms with Gasteiger partial charge in [-0.15, -0.1) is 0 Å². The summed E-state index contributed by atoms with van der Waals surface area (Å²) < 4.78 is 90.3. The molecule has 0 aromatic heterocycles. The Morgan fingerprint density at radius 2 is 1.34 bits per heavy atom. The van der Waals surface area contributed by atoms with E-state index in [1.165, 1.54) is 31.4 Å². The van der Waals surface area contributed by atoms with Crippen LogP contribution >= 0.6 is 0 Å². The molecule has 1 fully saturated rings. The van der Waals surface area contributed by atoms with Crippen LogP contribution in [0.4, 0.5) is 26.3 Å². The normalized spacial score (nSPS) is 17.3. The lowest BCUT2D eigenvalue weighted by Crippen LogP contribution is -2.51. The lowest BCUT2D eigenvalue weighted by molar-refractivity contribution is -0.138. The van der Waals surface area contributed by atoms with Crippen LogP contribution in [-0.4, -0.2) is 25.7 Å². The molecule has 0 spiro atoms. The van der Waals surface area contributed by atoms with E-state index in [0.29, 0.717) is 35.6 Å². The van der Waals surface area contributed by atoms with Crippen LogP contribution in [0.15, 0.2) is 66.7 Å². The summed E-state index contributed by atoms with van der Waals surface area (Å²) >= 11 is 0. The third-order valence-electron chi connectivity index (χ3n) is 7.30. The molecule has 1 heterocycles. The van der Waals surface area contributed by atoms with Crippen molar-refractivity contribution in [2.75, 3.05) is 13.7 Å². The van der Waals surface area contributed by atoms with E-state index in [4.69, 9.17) is 9.47 Å². The number of hydrogen-bond acceptors (Lipinski definition) is 3. The number of ether oxygens (including phenoxy) is 2. The highest BCUT2D eigenvalue weighted by atomic mass is 19.4. The Kier molecular flexibility index (Phi) is 8.61. The fraction of sp³-hybridized carbons (Fsp3) is 0.387. The summed E-state index contributed by atoms with van der Waals surface area (Å²) in [5.74, 6) is 0.578. The minimum atomic E-state index is -4.51. The Morgan fingerprint density at radius 3 is 1.78 bits per heavy atom. The molecule has 0 saturated carbocycles. The van der Waals surface area contributed by atoms with Gasteiger partial charge in [0.05, 0.1) is 29.8 Å². The van der Waals surface area contributed by atoms with Gasteiger partial charge >= 0.3 is 12.4 Å². The van der Waals surface area contributed by atoms with Crippen molar-refractivity contribution in [3.8, 4) is 11.5 Å². The van der Waals surface area contributed by atoms with E-state index in [0.717, 1.165) is 29.8 Å². The van der Waals surface area contributed by atoms with Gasteiger partial charge in [-0.05, 0) is 86.2 Å². The number of rotatable bonds is 8. The van der Waals surface area contributed by atoms with Crippen molar-refractivity contribution in [3.05, 3.63) is 94.5 Å². The lowest BCUT2D eigenvalue weighted by atomic mass is 9.67. The molecular formula is C31H31F6NO3. The molecule has 0 bridgehead atoms. The summed E-state index contributed by atoms with van der Waals surface area (Å²) in [6.07, 6.45) is -8.63. The first-order valence-electron chi connectivity index (χ1n) is 13.2. The Bertz CT molecular complexity index is 1290. The summed E-state index contributed by atoms with van der Waals surface area (Å²) in [6, 6.07) is 14.8. The van der Waals surface area contributed by atoms with Crippen molar-refractivity contribution in [3.63, 3.8) is 0 Å². The molecule has 1 aliphatic rings. The standard InChI is InChI=1S/C31H31F6NO3/c1-19(2)41-27-14-22(8-13-26(27)40-3)23-17-29(28(39)38-18-23,15-20-4-9-24(10-5-20)30(32,33)34)16-21-6-11-25(12-7-21)31(35,36)37/h4-14,19,23H,15-18H2,1-3H3,(H,38,39)/t23-/m1/s1. The van der Waals surface area contributed by atoms with Crippen molar-refractivity contribution in [2.24, 2.45) is 5.41 Å². The minimum Gasteiger partial charge on any atom is -0.493 e. The average Bonchev–Trinajstić information content (AvgIpc) is 2.89. The lowest BCUT2D eigenvalue weighted by Gasteiger charge is -2.41. The number of alkyl halides is 6. The number of hydrogen-bond donors (Lipinski definition) is 1. The quantitative estimate of drug-likeness (QED) is 0.280. The Morgan fingerprint density at radius 1 is 0.829 bits per heavy atom. The van der Waals surface area contributed by atoms with Crippen LogP contribution in [0.5, 0.6) is 11.5 Å². The number of amides is 1. The maximum Gasteiger partial charge on any atom is 0.416 e. The van der Waals surface area contributed by atoms with Crippen LogP contribution in [-0.2, 0) is 30.0 Å². The van der Waals surface area contributed by atoms with Gasteiger partial charge in [0.2, 0.25) is 5.91 Å². The zero-order valence-electron chi connectivity index (χ0n) is 22.8. The van der Waals surface area contributed by atoms with Gasteiger partial charge in [-0.2, -0.15) is 26.3 Å². The highest BCUT2D eigenvalue weighted by molar-refractivity contribution is 5.84. The predicted molar refractivity (Wildman–Crippen MR) is 142 cm³/mol. The van der Waals surface area contributed by atoms with Gasteiger partial charge < -0.3 is 14.8 Å². The predicted octanol–water partition coefficient (Wildman–Crippen LogP) is 7.60. The van der Waals surface area contributed by atoms with E-state index in [9.17, 15) is 31.1 Å². The van der Waals surface area contributed by atoms with E-state index in [1.807, 2.05) is 26.0 Å². The van der Waals surface area contributed by atoms with Crippen LogP contribution in [0, 0.1) is 5.41 Å². The molecule has 4 nitrogen and oxygen atoms in total. The Balaban J connectivity index is 1.71.